The van der Waals surface area contributed by atoms with Crippen LogP contribution in [0.25, 0.3) is 0 Å². The van der Waals surface area contributed by atoms with Crippen molar-refractivity contribution < 1.29 is 23.1 Å². The molecular formula is C22H30F2N2O3. The summed E-state index contributed by atoms with van der Waals surface area (Å²) in [7, 11) is 0. The number of carbonyl (C=O) groups is 2. The molecule has 1 atom stereocenters. The van der Waals surface area contributed by atoms with E-state index in [1.54, 1.807) is 24.3 Å². The Bertz CT molecular complexity index is 731. The highest BCUT2D eigenvalue weighted by atomic mass is 19.3. The summed E-state index contributed by atoms with van der Waals surface area (Å²) in [6, 6.07) is 8.95. The van der Waals surface area contributed by atoms with Gasteiger partial charge in [-0.15, -0.1) is 0 Å². The molecule has 0 radical (unpaired) electrons. The molecular weight excluding hydrogens is 378 g/mol. The van der Waals surface area contributed by atoms with Crippen molar-refractivity contribution in [3.05, 3.63) is 48.6 Å². The maximum atomic E-state index is 14.7. The zero-order valence-corrected chi connectivity index (χ0v) is 17.3. The van der Waals surface area contributed by atoms with Crippen molar-refractivity contribution in [1.29, 1.82) is 0 Å². The highest BCUT2D eigenvalue weighted by molar-refractivity contribution is 5.77. The molecule has 1 aromatic carbocycles. The molecule has 7 heteroatoms. The Morgan fingerprint density at radius 3 is 2.52 bits per heavy atom. The maximum Gasteiger partial charge on any atom is 0.408 e. The monoisotopic (exact) mass is 408 g/mol. The summed E-state index contributed by atoms with van der Waals surface area (Å²) in [4.78, 5) is 26.2. The minimum Gasteiger partial charge on any atom is -0.445 e. The lowest BCUT2D eigenvalue weighted by molar-refractivity contribution is -0.131. The summed E-state index contributed by atoms with van der Waals surface area (Å²) in [6.07, 6.45) is 0.429. The molecule has 1 aromatic rings. The van der Waals surface area contributed by atoms with E-state index in [2.05, 4.69) is 11.9 Å². The van der Waals surface area contributed by atoms with Crippen molar-refractivity contribution in [2.24, 2.45) is 5.41 Å². The molecule has 2 amide bonds. The van der Waals surface area contributed by atoms with Gasteiger partial charge in [-0.1, -0.05) is 57.7 Å². The van der Waals surface area contributed by atoms with Crippen molar-refractivity contribution >= 4 is 12.0 Å². The summed E-state index contributed by atoms with van der Waals surface area (Å²) in [5, 5.41) is 2.33. The van der Waals surface area contributed by atoms with Gasteiger partial charge in [-0.25, -0.2) is 4.79 Å². The highest BCUT2D eigenvalue weighted by Crippen LogP contribution is 2.38. The number of nitrogens with one attached hydrogen (secondary N) is 1. The van der Waals surface area contributed by atoms with Gasteiger partial charge in [0.15, 0.2) is 0 Å². The molecule has 0 saturated carbocycles. The predicted octanol–water partition coefficient (Wildman–Crippen LogP) is 4.53. The van der Waals surface area contributed by atoms with Crippen LogP contribution < -0.4 is 5.32 Å². The third-order valence-corrected chi connectivity index (χ3v) is 5.16. The SMILES string of the molecule is C=CC(F)(F)C1(NC(=O)OCc2ccccc2)CCN(C(=O)CCC(C)(C)C)C1. The molecule has 1 N–H and O–H groups in total. The third kappa shape index (κ3) is 6.02. The average molecular weight is 408 g/mol. The number of nitrogens with zero attached hydrogens (tertiary/aromatic N) is 1. The maximum absolute atomic E-state index is 14.7. The van der Waals surface area contributed by atoms with Crippen LogP contribution in [0, 0.1) is 5.41 Å². The second-order valence-electron chi connectivity index (χ2n) is 8.72. The van der Waals surface area contributed by atoms with Crippen LogP contribution in [-0.4, -0.2) is 41.5 Å². The van der Waals surface area contributed by atoms with Crippen LogP contribution in [0.2, 0.25) is 0 Å². The Kier molecular flexibility index (Phi) is 7.03. The number of benzene rings is 1. The number of ether oxygens (including phenoxy) is 1. The summed E-state index contributed by atoms with van der Waals surface area (Å²) in [5.74, 6) is -3.58. The number of hydrogen-bond acceptors (Lipinski definition) is 3. The fourth-order valence-corrected chi connectivity index (χ4v) is 3.27. The van der Waals surface area contributed by atoms with Gasteiger partial charge in [-0.05, 0) is 29.9 Å². The minimum atomic E-state index is -3.39. The van der Waals surface area contributed by atoms with Gasteiger partial charge in [0.25, 0.3) is 5.92 Å². The summed E-state index contributed by atoms with van der Waals surface area (Å²) < 4.78 is 34.6. The van der Waals surface area contributed by atoms with Crippen LogP contribution in [0.4, 0.5) is 13.6 Å². The average Bonchev–Trinajstić information content (AvgIpc) is 3.10. The Morgan fingerprint density at radius 2 is 1.93 bits per heavy atom. The van der Waals surface area contributed by atoms with E-state index in [9.17, 15) is 18.4 Å². The summed E-state index contributed by atoms with van der Waals surface area (Å²) in [5.41, 5.74) is -1.21. The molecule has 2 rings (SSSR count). The number of hydrogen-bond donors (Lipinski definition) is 1. The van der Waals surface area contributed by atoms with Crippen molar-refractivity contribution in [2.75, 3.05) is 13.1 Å². The predicted molar refractivity (Wildman–Crippen MR) is 108 cm³/mol. The van der Waals surface area contributed by atoms with Crippen molar-refractivity contribution in [1.82, 2.24) is 10.2 Å². The van der Waals surface area contributed by atoms with Crippen LogP contribution in [0.3, 0.4) is 0 Å². The van der Waals surface area contributed by atoms with Crippen LogP contribution in [-0.2, 0) is 16.1 Å². The lowest BCUT2D eigenvalue weighted by Gasteiger charge is -2.35. The van der Waals surface area contributed by atoms with Crippen molar-refractivity contribution in [3.63, 3.8) is 0 Å². The zero-order chi connectivity index (χ0) is 21.7. The molecule has 160 valence electrons. The first kappa shape index (κ1) is 22.8. The Labute approximate surface area is 171 Å². The largest absolute Gasteiger partial charge is 0.445 e. The van der Waals surface area contributed by atoms with E-state index in [1.807, 2.05) is 26.8 Å². The Morgan fingerprint density at radius 1 is 1.28 bits per heavy atom. The molecule has 1 unspecified atom stereocenters. The number of halogens is 2. The van der Waals surface area contributed by atoms with Gasteiger partial charge in [-0.2, -0.15) is 8.78 Å². The molecule has 1 aliphatic rings. The lowest BCUT2D eigenvalue weighted by Crippen LogP contribution is -2.61. The van der Waals surface area contributed by atoms with Gasteiger partial charge in [0.1, 0.15) is 12.1 Å². The van der Waals surface area contributed by atoms with Gasteiger partial charge in [0, 0.05) is 13.0 Å². The molecule has 1 saturated heterocycles. The van der Waals surface area contributed by atoms with E-state index in [-0.39, 0.29) is 43.9 Å². The van der Waals surface area contributed by atoms with Gasteiger partial charge < -0.3 is 15.0 Å². The molecule has 1 heterocycles. The van der Waals surface area contributed by atoms with Crippen LogP contribution >= 0.6 is 0 Å². The van der Waals surface area contributed by atoms with Gasteiger partial charge in [0.2, 0.25) is 5.91 Å². The van der Waals surface area contributed by atoms with Crippen molar-refractivity contribution in [2.45, 2.75) is 58.1 Å². The number of likely N-dealkylation sites (tertiary alicyclic amines) is 1. The molecule has 0 aliphatic carbocycles. The molecule has 5 nitrogen and oxygen atoms in total. The van der Waals surface area contributed by atoms with E-state index in [0.717, 1.165) is 5.56 Å². The number of carbonyl (C=O) groups excluding carboxylic acids is 2. The van der Waals surface area contributed by atoms with E-state index in [4.69, 9.17) is 4.74 Å². The standard InChI is InChI=1S/C22H30F2N2O3/c1-5-22(23,24)21(25-19(28)29-15-17-9-7-6-8-10-17)13-14-26(16-21)18(27)11-12-20(2,3)4/h5-10H,1,11-16H2,2-4H3,(H,25,28). The minimum absolute atomic E-state index is 0.0307. The molecule has 29 heavy (non-hydrogen) atoms. The lowest BCUT2D eigenvalue weighted by atomic mass is 9.89. The van der Waals surface area contributed by atoms with Crippen LogP contribution in [0.1, 0.15) is 45.6 Å². The highest BCUT2D eigenvalue weighted by Gasteiger charge is 2.57. The quantitative estimate of drug-likeness (QED) is 0.675. The fourth-order valence-electron chi connectivity index (χ4n) is 3.27. The molecule has 0 bridgehead atoms. The Hall–Kier alpha value is -2.44. The molecule has 0 spiro atoms. The summed E-state index contributed by atoms with van der Waals surface area (Å²) >= 11 is 0. The second-order valence-corrected chi connectivity index (χ2v) is 8.72. The number of alkyl halides is 2. The van der Waals surface area contributed by atoms with E-state index < -0.39 is 17.6 Å². The van der Waals surface area contributed by atoms with Crippen LogP contribution in [0.5, 0.6) is 0 Å². The first-order valence-corrected chi connectivity index (χ1v) is 9.76. The van der Waals surface area contributed by atoms with Crippen LogP contribution in [0.15, 0.2) is 43.0 Å². The zero-order valence-electron chi connectivity index (χ0n) is 17.3. The first-order valence-electron chi connectivity index (χ1n) is 9.76. The van der Waals surface area contributed by atoms with Gasteiger partial charge >= 0.3 is 6.09 Å². The number of rotatable bonds is 7. The molecule has 1 fully saturated rings. The first-order chi connectivity index (χ1) is 13.5. The molecule has 1 aliphatic heterocycles. The van der Waals surface area contributed by atoms with Gasteiger partial charge in [0.05, 0.1) is 6.54 Å². The van der Waals surface area contributed by atoms with Crippen molar-refractivity contribution in [3.8, 4) is 0 Å². The fraction of sp³-hybridized carbons (Fsp3) is 0.545. The van der Waals surface area contributed by atoms with E-state index in [1.165, 1.54) is 4.90 Å². The second kappa shape index (κ2) is 8.93. The van der Waals surface area contributed by atoms with E-state index in [0.29, 0.717) is 12.5 Å². The number of alkyl carbamates (subject to hydrolysis) is 1. The Balaban J connectivity index is 2.05. The summed E-state index contributed by atoms with van der Waals surface area (Å²) in [6.45, 7) is 9.10. The number of amides is 2. The topological polar surface area (TPSA) is 58.6 Å². The normalized spacial score (nSPS) is 19.7. The third-order valence-electron chi connectivity index (χ3n) is 5.16. The molecule has 0 aromatic heterocycles. The van der Waals surface area contributed by atoms with E-state index >= 15 is 0 Å². The smallest absolute Gasteiger partial charge is 0.408 e. The van der Waals surface area contributed by atoms with Gasteiger partial charge in [-0.3, -0.25) is 4.79 Å².